The van der Waals surface area contributed by atoms with Gasteiger partial charge in [-0.25, -0.2) is 0 Å². The maximum atomic E-state index is 13.5. The largest absolute Gasteiger partial charge is 0.466 e. The maximum Gasteiger partial charge on any atom is 0.306 e. The molecule has 0 bridgehead atoms. The molecule has 0 saturated carbocycles. The van der Waals surface area contributed by atoms with Gasteiger partial charge in [-0.05, 0) is 62.3 Å². The van der Waals surface area contributed by atoms with E-state index in [1.807, 2.05) is 30.9 Å². The number of carbonyl (C=O) groups is 3. The molecule has 1 atom stereocenters. The van der Waals surface area contributed by atoms with Crippen molar-refractivity contribution in [2.75, 3.05) is 19.7 Å². The minimum absolute atomic E-state index is 0.00117. The highest BCUT2D eigenvalue weighted by Crippen LogP contribution is 2.39. The fourth-order valence-electron chi connectivity index (χ4n) is 4.20. The van der Waals surface area contributed by atoms with Crippen molar-refractivity contribution >= 4 is 29.1 Å². The average molecular weight is 457 g/mol. The summed E-state index contributed by atoms with van der Waals surface area (Å²) in [7, 11) is 0. The molecule has 0 aliphatic carbocycles. The first kappa shape index (κ1) is 24.0. The Labute approximate surface area is 194 Å². The number of fused-ring (bicyclic) bond motifs is 1. The first-order valence-electron chi connectivity index (χ1n) is 11.2. The molecular formula is C25H32N2O4S. The second kappa shape index (κ2) is 10.8. The maximum absolute atomic E-state index is 13.5. The van der Waals surface area contributed by atoms with E-state index < -0.39 is 5.97 Å². The quantitative estimate of drug-likeness (QED) is 0.561. The molecule has 2 amide bonds. The second-order valence-electron chi connectivity index (χ2n) is 8.32. The molecule has 2 aromatic rings. The molecule has 1 aliphatic heterocycles. The van der Waals surface area contributed by atoms with Gasteiger partial charge in [-0.2, -0.15) is 0 Å². The van der Waals surface area contributed by atoms with E-state index in [0.717, 1.165) is 17.5 Å². The van der Waals surface area contributed by atoms with Gasteiger partial charge >= 0.3 is 5.97 Å². The number of rotatable bonds is 8. The lowest BCUT2D eigenvalue weighted by atomic mass is 9.90. The Morgan fingerprint density at radius 2 is 1.91 bits per heavy atom. The molecule has 7 heteroatoms. The zero-order valence-corrected chi connectivity index (χ0v) is 20.1. The van der Waals surface area contributed by atoms with E-state index in [0.29, 0.717) is 13.2 Å². The number of nitrogens with zero attached hydrogens (tertiary/aromatic N) is 2. The summed E-state index contributed by atoms with van der Waals surface area (Å²) >= 11 is 1.73. The number of esters is 1. The summed E-state index contributed by atoms with van der Waals surface area (Å²) in [6.45, 7) is 8.50. The van der Waals surface area contributed by atoms with Crippen molar-refractivity contribution in [2.24, 2.45) is 0 Å². The lowest BCUT2D eigenvalue weighted by Crippen LogP contribution is -2.48. The van der Waals surface area contributed by atoms with Gasteiger partial charge in [0.25, 0.3) is 0 Å². The molecule has 0 fully saturated rings. The van der Waals surface area contributed by atoms with Crippen LogP contribution in [0.3, 0.4) is 0 Å². The van der Waals surface area contributed by atoms with Crippen LogP contribution >= 0.6 is 11.3 Å². The summed E-state index contributed by atoms with van der Waals surface area (Å²) in [4.78, 5) is 42.8. The highest BCUT2D eigenvalue weighted by molar-refractivity contribution is 7.10. The number of amides is 2. The van der Waals surface area contributed by atoms with Gasteiger partial charge in [0.15, 0.2) is 0 Å². The van der Waals surface area contributed by atoms with Crippen molar-refractivity contribution in [3.8, 4) is 0 Å². The minimum atomic E-state index is -0.392. The molecule has 6 nitrogen and oxygen atoms in total. The van der Waals surface area contributed by atoms with Crippen molar-refractivity contribution in [1.29, 1.82) is 0 Å². The van der Waals surface area contributed by atoms with Crippen molar-refractivity contribution in [3.05, 3.63) is 57.3 Å². The monoisotopic (exact) mass is 456 g/mol. The number of carbonyl (C=O) groups excluding carboxylic acids is 3. The van der Waals surface area contributed by atoms with E-state index in [9.17, 15) is 14.4 Å². The Balaban J connectivity index is 1.80. The molecule has 32 heavy (non-hydrogen) atoms. The molecule has 2 heterocycles. The van der Waals surface area contributed by atoms with Gasteiger partial charge in [0.05, 0.1) is 19.1 Å². The predicted molar refractivity (Wildman–Crippen MR) is 125 cm³/mol. The molecule has 0 spiro atoms. The third kappa shape index (κ3) is 5.38. The van der Waals surface area contributed by atoms with E-state index in [-0.39, 0.29) is 43.3 Å². The zero-order chi connectivity index (χ0) is 23.3. The van der Waals surface area contributed by atoms with Gasteiger partial charge in [-0.1, -0.05) is 24.3 Å². The zero-order valence-electron chi connectivity index (χ0n) is 19.3. The van der Waals surface area contributed by atoms with E-state index >= 15 is 0 Å². The van der Waals surface area contributed by atoms with Crippen LogP contribution in [0.4, 0.5) is 0 Å². The Morgan fingerprint density at radius 1 is 1.16 bits per heavy atom. The summed E-state index contributed by atoms with van der Waals surface area (Å²) in [5.41, 5.74) is 3.43. The smallest absolute Gasteiger partial charge is 0.306 e. The lowest BCUT2D eigenvalue weighted by Gasteiger charge is -2.38. The predicted octanol–water partition coefficient (Wildman–Crippen LogP) is 4.11. The summed E-state index contributed by atoms with van der Waals surface area (Å²) < 4.78 is 4.92. The van der Waals surface area contributed by atoms with Gasteiger partial charge < -0.3 is 14.5 Å². The minimum Gasteiger partial charge on any atom is -0.466 e. The summed E-state index contributed by atoms with van der Waals surface area (Å²) in [6.07, 6.45) is 0.887. The van der Waals surface area contributed by atoms with Crippen LogP contribution in [0, 0.1) is 6.92 Å². The Kier molecular flexibility index (Phi) is 8.07. The first-order chi connectivity index (χ1) is 15.3. The van der Waals surface area contributed by atoms with Crippen LogP contribution in [0.2, 0.25) is 0 Å². The molecule has 3 rings (SSSR count). The van der Waals surface area contributed by atoms with Gasteiger partial charge in [-0.15, -0.1) is 11.3 Å². The number of thiophene rings is 1. The SMILES string of the molecule is CCOC(=O)CCC(=O)N(CC(=O)N1CCc2sccc2[C@H]1c1ccccc1C)C(C)C. The number of hydrogen-bond acceptors (Lipinski definition) is 5. The molecule has 1 aromatic carbocycles. The number of hydrogen-bond donors (Lipinski definition) is 0. The molecule has 0 radical (unpaired) electrons. The van der Waals surface area contributed by atoms with Gasteiger partial charge in [0, 0.05) is 23.9 Å². The summed E-state index contributed by atoms with van der Waals surface area (Å²) in [6, 6.07) is 9.97. The van der Waals surface area contributed by atoms with Gasteiger partial charge in [0.2, 0.25) is 11.8 Å². The fraction of sp³-hybridized carbons (Fsp3) is 0.480. The van der Waals surface area contributed by atoms with Crippen molar-refractivity contribution in [1.82, 2.24) is 9.80 Å². The van der Waals surface area contributed by atoms with E-state index in [1.165, 1.54) is 10.4 Å². The molecule has 1 aliphatic rings. The van der Waals surface area contributed by atoms with E-state index in [2.05, 4.69) is 30.5 Å². The molecule has 1 aromatic heterocycles. The lowest BCUT2D eigenvalue weighted by molar-refractivity contribution is -0.147. The van der Waals surface area contributed by atoms with Crippen molar-refractivity contribution < 1.29 is 19.1 Å². The van der Waals surface area contributed by atoms with Crippen LogP contribution < -0.4 is 0 Å². The highest BCUT2D eigenvalue weighted by Gasteiger charge is 2.35. The van der Waals surface area contributed by atoms with E-state index in [4.69, 9.17) is 4.74 Å². The van der Waals surface area contributed by atoms with Crippen molar-refractivity contribution in [3.63, 3.8) is 0 Å². The Morgan fingerprint density at radius 3 is 2.59 bits per heavy atom. The van der Waals surface area contributed by atoms with Crippen LogP contribution in [-0.2, 0) is 25.5 Å². The first-order valence-corrected chi connectivity index (χ1v) is 12.1. The molecule has 0 unspecified atom stereocenters. The number of benzene rings is 1. The Hall–Kier alpha value is -2.67. The topological polar surface area (TPSA) is 66.9 Å². The molecular weight excluding hydrogens is 424 g/mol. The van der Waals surface area contributed by atoms with Crippen LogP contribution in [0.1, 0.15) is 61.2 Å². The van der Waals surface area contributed by atoms with Crippen LogP contribution in [-0.4, -0.2) is 53.3 Å². The molecule has 0 N–H and O–H groups in total. The van der Waals surface area contributed by atoms with Crippen LogP contribution in [0.5, 0.6) is 0 Å². The standard InChI is InChI=1S/C25H32N2O4S/c1-5-31-24(30)11-10-22(28)27(17(2)3)16-23(29)26-14-12-21-20(13-15-32-21)25(26)19-9-7-6-8-18(19)4/h6-9,13,15,17,25H,5,10-12,14,16H2,1-4H3/t25-/m1/s1. The number of ether oxygens (including phenoxy) is 1. The van der Waals surface area contributed by atoms with E-state index in [1.54, 1.807) is 23.2 Å². The molecule has 0 saturated heterocycles. The molecule has 172 valence electrons. The van der Waals surface area contributed by atoms with Crippen molar-refractivity contribution in [2.45, 2.75) is 59.0 Å². The summed E-state index contributed by atoms with van der Waals surface area (Å²) in [5, 5.41) is 2.09. The fourth-order valence-corrected chi connectivity index (χ4v) is 5.10. The third-order valence-corrected chi connectivity index (χ3v) is 6.86. The summed E-state index contributed by atoms with van der Waals surface area (Å²) in [5.74, 6) is -0.674. The normalized spacial score (nSPS) is 15.4. The Bertz CT molecular complexity index is 968. The average Bonchev–Trinajstić information content (AvgIpc) is 3.24. The van der Waals surface area contributed by atoms with Gasteiger partial charge in [0.1, 0.15) is 6.54 Å². The highest BCUT2D eigenvalue weighted by atomic mass is 32.1. The van der Waals surface area contributed by atoms with Crippen LogP contribution in [0.15, 0.2) is 35.7 Å². The van der Waals surface area contributed by atoms with Crippen LogP contribution in [0.25, 0.3) is 0 Å². The third-order valence-electron chi connectivity index (χ3n) is 5.87. The second-order valence-corrected chi connectivity index (χ2v) is 9.32. The number of aryl methyl sites for hydroxylation is 1. The van der Waals surface area contributed by atoms with Gasteiger partial charge in [-0.3, -0.25) is 14.4 Å².